The maximum absolute atomic E-state index is 11.4. The van der Waals surface area contributed by atoms with Gasteiger partial charge < -0.3 is 4.55 Å². The summed E-state index contributed by atoms with van der Waals surface area (Å²) in [6.45, 7) is 4.53. The summed E-state index contributed by atoms with van der Waals surface area (Å²) in [6.07, 6.45) is 12.3. The van der Waals surface area contributed by atoms with E-state index in [1.165, 1.54) is 24.8 Å². The zero-order valence-corrected chi connectivity index (χ0v) is 14.1. The third kappa shape index (κ3) is 6.01. The highest BCUT2D eigenvalue weighted by atomic mass is 32.2. The molecule has 2 nitrogen and oxygen atoms in total. The first-order valence-corrected chi connectivity index (χ1v) is 9.87. The Bertz CT molecular complexity index is 315. The summed E-state index contributed by atoms with van der Waals surface area (Å²) < 4.78 is 20.9. The predicted molar refractivity (Wildman–Crippen MR) is 87.1 cm³/mol. The molecule has 0 saturated heterocycles. The van der Waals surface area contributed by atoms with E-state index in [1.54, 1.807) is 0 Å². The van der Waals surface area contributed by atoms with E-state index in [0.29, 0.717) is 5.25 Å². The SMILES string of the molecule is CCCCC(C)CCC1=CC(SC)CCC1S(=O)O. The lowest BCUT2D eigenvalue weighted by Crippen LogP contribution is -2.24. The van der Waals surface area contributed by atoms with Gasteiger partial charge in [-0.3, -0.25) is 0 Å². The van der Waals surface area contributed by atoms with Crippen LogP contribution in [0.2, 0.25) is 0 Å². The molecule has 0 aromatic carbocycles. The highest BCUT2D eigenvalue weighted by molar-refractivity contribution is 7.99. The molecule has 4 atom stereocenters. The predicted octanol–water partition coefficient (Wildman–Crippen LogP) is 4.64. The summed E-state index contributed by atoms with van der Waals surface area (Å²) in [6, 6.07) is 0. The first-order chi connectivity index (χ1) is 9.08. The maximum Gasteiger partial charge on any atom is 0.160 e. The van der Waals surface area contributed by atoms with Gasteiger partial charge in [0.15, 0.2) is 11.1 Å². The van der Waals surface area contributed by atoms with Gasteiger partial charge in [0.1, 0.15) is 0 Å². The molecule has 0 spiro atoms. The van der Waals surface area contributed by atoms with Crippen LogP contribution in [0, 0.1) is 5.92 Å². The highest BCUT2D eigenvalue weighted by Crippen LogP contribution is 2.32. The van der Waals surface area contributed by atoms with Crippen molar-refractivity contribution in [3.8, 4) is 0 Å². The second-order valence-corrected chi connectivity index (χ2v) is 7.84. The quantitative estimate of drug-likeness (QED) is 0.524. The fourth-order valence-corrected chi connectivity index (χ4v) is 4.18. The number of unbranched alkanes of at least 4 members (excludes halogenated alkanes) is 1. The average molecular weight is 305 g/mol. The molecule has 0 radical (unpaired) electrons. The molecule has 0 fully saturated rings. The smallest absolute Gasteiger partial charge is 0.160 e. The van der Waals surface area contributed by atoms with Crippen molar-refractivity contribution in [1.82, 2.24) is 0 Å². The second-order valence-electron chi connectivity index (χ2n) is 5.64. The van der Waals surface area contributed by atoms with Crippen LogP contribution in [0.25, 0.3) is 0 Å². The number of hydrogen-bond acceptors (Lipinski definition) is 2. The molecule has 0 amide bonds. The van der Waals surface area contributed by atoms with Crippen LogP contribution in [-0.4, -0.2) is 25.5 Å². The molecule has 112 valence electrons. The van der Waals surface area contributed by atoms with Gasteiger partial charge in [0.2, 0.25) is 0 Å². The van der Waals surface area contributed by atoms with Gasteiger partial charge in [-0.05, 0) is 37.9 Å². The molecule has 4 unspecified atom stereocenters. The minimum absolute atomic E-state index is 0.109. The van der Waals surface area contributed by atoms with Crippen LogP contribution in [-0.2, 0) is 11.1 Å². The Morgan fingerprint density at radius 1 is 1.47 bits per heavy atom. The second kappa shape index (κ2) is 9.19. The van der Waals surface area contributed by atoms with Gasteiger partial charge in [-0.1, -0.05) is 44.8 Å². The Balaban J connectivity index is 2.54. The molecular weight excluding hydrogens is 276 g/mol. The molecule has 1 rings (SSSR count). The third-order valence-corrected chi connectivity index (χ3v) is 6.05. The maximum atomic E-state index is 11.4. The van der Waals surface area contributed by atoms with Gasteiger partial charge in [0.25, 0.3) is 0 Å². The fourth-order valence-electron chi connectivity index (χ4n) is 2.70. The summed E-state index contributed by atoms with van der Waals surface area (Å²) in [5.74, 6) is 0.725. The largest absolute Gasteiger partial charge is 0.306 e. The van der Waals surface area contributed by atoms with E-state index in [9.17, 15) is 8.76 Å². The Morgan fingerprint density at radius 3 is 2.79 bits per heavy atom. The minimum atomic E-state index is -1.70. The Morgan fingerprint density at radius 2 is 2.21 bits per heavy atom. The van der Waals surface area contributed by atoms with Gasteiger partial charge in [0, 0.05) is 5.25 Å². The monoisotopic (exact) mass is 304 g/mol. The molecule has 1 N–H and O–H groups in total. The van der Waals surface area contributed by atoms with E-state index in [0.717, 1.165) is 31.6 Å². The molecular formula is C15H28O2S2. The van der Waals surface area contributed by atoms with Crippen LogP contribution in [0.5, 0.6) is 0 Å². The van der Waals surface area contributed by atoms with Crippen molar-refractivity contribution in [3.63, 3.8) is 0 Å². The van der Waals surface area contributed by atoms with Crippen molar-refractivity contribution in [2.45, 2.75) is 69.3 Å². The molecule has 0 aromatic heterocycles. The molecule has 1 aliphatic rings. The number of hydrogen-bond donors (Lipinski definition) is 1. The molecule has 4 heteroatoms. The van der Waals surface area contributed by atoms with Crippen molar-refractivity contribution < 1.29 is 8.76 Å². The van der Waals surface area contributed by atoms with Gasteiger partial charge in [-0.25, -0.2) is 4.21 Å². The van der Waals surface area contributed by atoms with Crippen LogP contribution >= 0.6 is 11.8 Å². The van der Waals surface area contributed by atoms with E-state index in [1.807, 2.05) is 11.8 Å². The average Bonchev–Trinajstić information content (AvgIpc) is 2.42. The van der Waals surface area contributed by atoms with Crippen molar-refractivity contribution in [3.05, 3.63) is 11.6 Å². The normalized spacial score (nSPS) is 26.8. The van der Waals surface area contributed by atoms with Crippen molar-refractivity contribution >= 4 is 22.8 Å². The zero-order chi connectivity index (χ0) is 14.3. The van der Waals surface area contributed by atoms with Gasteiger partial charge in [0.05, 0.1) is 5.25 Å². The Hall–Kier alpha value is 0.200. The van der Waals surface area contributed by atoms with E-state index < -0.39 is 11.1 Å². The highest BCUT2D eigenvalue weighted by Gasteiger charge is 2.26. The summed E-state index contributed by atoms with van der Waals surface area (Å²) >= 11 is 0.158. The first kappa shape index (κ1) is 17.3. The summed E-state index contributed by atoms with van der Waals surface area (Å²) in [5, 5.41) is 0.433. The Labute approximate surface area is 125 Å². The molecule has 0 saturated carbocycles. The minimum Gasteiger partial charge on any atom is -0.306 e. The van der Waals surface area contributed by atoms with Crippen LogP contribution in [0.4, 0.5) is 0 Å². The van der Waals surface area contributed by atoms with Gasteiger partial charge >= 0.3 is 0 Å². The van der Waals surface area contributed by atoms with Crippen molar-refractivity contribution in [1.29, 1.82) is 0 Å². The molecule has 0 bridgehead atoms. The fraction of sp³-hybridized carbons (Fsp3) is 0.867. The lowest BCUT2D eigenvalue weighted by atomic mass is 9.90. The standard InChI is InChI=1S/C15H28O2S2/c1-4-5-6-12(2)7-8-13-11-14(18-3)9-10-15(13)19(16)17/h11-12,14-15H,4-10H2,1-3H3,(H,16,17). The summed E-state index contributed by atoms with van der Waals surface area (Å²) in [4.78, 5) is 0. The van der Waals surface area contributed by atoms with Gasteiger partial charge in [-0.2, -0.15) is 11.8 Å². The molecule has 0 aliphatic heterocycles. The summed E-state index contributed by atoms with van der Waals surface area (Å²) in [7, 11) is 0. The van der Waals surface area contributed by atoms with E-state index >= 15 is 0 Å². The molecule has 0 aromatic rings. The topological polar surface area (TPSA) is 37.3 Å². The van der Waals surface area contributed by atoms with Crippen LogP contribution in [0.15, 0.2) is 11.6 Å². The summed E-state index contributed by atoms with van der Waals surface area (Å²) in [5.41, 5.74) is 1.23. The van der Waals surface area contributed by atoms with Crippen molar-refractivity contribution in [2.24, 2.45) is 5.92 Å². The van der Waals surface area contributed by atoms with E-state index in [4.69, 9.17) is 0 Å². The lowest BCUT2D eigenvalue weighted by molar-refractivity contribution is 0.463. The third-order valence-electron chi connectivity index (χ3n) is 4.05. The van der Waals surface area contributed by atoms with Crippen molar-refractivity contribution in [2.75, 3.05) is 6.26 Å². The molecule has 1 aliphatic carbocycles. The van der Waals surface area contributed by atoms with Crippen LogP contribution in [0.3, 0.4) is 0 Å². The van der Waals surface area contributed by atoms with Gasteiger partial charge in [-0.15, -0.1) is 0 Å². The Kier molecular flexibility index (Phi) is 8.35. The van der Waals surface area contributed by atoms with E-state index in [-0.39, 0.29) is 5.25 Å². The first-order valence-electron chi connectivity index (χ1n) is 7.41. The molecule has 19 heavy (non-hydrogen) atoms. The van der Waals surface area contributed by atoms with Crippen LogP contribution < -0.4 is 0 Å². The van der Waals surface area contributed by atoms with Crippen LogP contribution in [0.1, 0.15) is 58.8 Å². The number of rotatable bonds is 8. The lowest BCUT2D eigenvalue weighted by Gasteiger charge is -2.26. The van der Waals surface area contributed by atoms with E-state index in [2.05, 4.69) is 26.2 Å². The number of thioether (sulfide) groups is 1. The zero-order valence-electron chi connectivity index (χ0n) is 12.4. The molecule has 0 heterocycles.